The van der Waals surface area contributed by atoms with Gasteiger partial charge in [0.15, 0.2) is 16.6 Å². The monoisotopic (exact) mass is 618 g/mol. The summed E-state index contributed by atoms with van der Waals surface area (Å²) in [6.07, 6.45) is 2.68. The van der Waals surface area contributed by atoms with Gasteiger partial charge in [0.05, 0.1) is 42.2 Å². The van der Waals surface area contributed by atoms with Crippen LogP contribution in [0, 0.1) is 11.7 Å². The summed E-state index contributed by atoms with van der Waals surface area (Å²) in [5.41, 5.74) is 1.20. The number of aliphatic hydroxyl groups excluding tert-OH is 1. The fraction of sp³-hybridized carbons (Fsp3) is 0.324. The molecule has 0 bridgehead atoms. The number of thiazole rings is 1. The third-order valence-corrected chi connectivity index (χ3v) is 8.34. The molecule has 3 aromatic carbocycles. The molecule has 5 rings (SSSR count). The average Bonchev–Trinajstić information content (AvgIpc) is 3.54. The maximum atomic E-state index is 14.0. The number of hydrogen-bond donors (Lipinski definition) is 1. The largest absolute Gasteiger partial charge is 0.507 e. The van der Waals surface area contributed by atoms with Crippen molar-refractivity contribution in [2.24, 2.45) is 5.92 Å². The van der Waals surface area contributed by atoms with E-state index in [-0.39, 0.29) is 16.5 Å². The highest BCUT2D eigenvalue weighted by Gasteiger charge is 2.48. The van der Waals surface area contributed by atoms with E-state index < -0.39 is 23.5 Å². The van der Waals surface area contributed by atoms with E-state index in [9.17, 15) is 19.1 Å². The highest BCUT2D eigenvalue weighted by Crippen LogP contribution is 2.46. The van der Waals surface area contributed by atoms with Crippen LogP contribution in [0.15, 0.2) is 66.2 Å². The number of anilines is 1. The minimum Gasteiger partial charge on any atom is -0.507 e. The summed E-state index contributed by atoms with van der Waals surface area (Å²) in [6.45, 7) is 7.28. The lowest BCUT2D eigenvalue weighted by molar-refractivity contribution is -0.132. The Labute approximate surface area is 259 Å². The molecule has 1 aliphatic heterocycles. The second kappa shape index (κ2) is 13.5. The predicted molar refractivity (Wildman–Crippen MR) is 169 cm³/mol. The zero-order valence-electron chi connectivity index (χ0n) is 25.1. The quantitative estimate of drug-likeness (QED) is 0.0753. The normalized spacial score (nSPS) is 16.2. The van der Waals surface area contributed by atoms with Crippen molar-refractivity contribution in [1.29, 1.82) is 0 Å². The van der Waals surface area contributed by atoms with E-state index >= 15 is 0 Å². The van der Waals surface area contributed by atoms with Gasteiger partial charge in [-0.2, -0.15) is 0 Å². The highest BCUT2D eigenvalue weighted by atomic mass is 32.1. The number of benzene rings is 3. The molecule has 1 saturated heterocycles. The molecule has 44 heavy (non-hydrogen) atoms. The van der Waals surface area contributed by atoms with E-state index in [1.807, 2.05) is 0 Å². The number of carbonyl (C=O) groups is 2. The van der Waals surface area contributed by atoms with Crippen LogP contribution in [0.3, 0.4) is 0 Å². The van der Waals surface area contributed by atoms with E-state index in [1.54, 1.807) is 42.5 Å². The zero-order valence-corrected chi connectivity index (χ0v) is 25.9. The molecule has 0 spiro atoms. The summed E-state index contributed by atoms with van der Waals surface area (Å²) in [4.78, 5) is 33.2. The molecule has 1 N–H and O–H groups in total. The molecule has 1 unspecified atom stereocenters. The van der Waals surface area contributed by atoms with Gasteiger partial charge < -0.3 is 19.3 Å². The Kier molecular flexibility index (Phi) is 9.49. The van der Waals surface area contributed by atoms with Crippen molar-refractivity contribution in [3.8, 4) is 17.2 Å². The summed E-state index contributed by atoms with van der Waals surface area (Å²) >= 11 is 1.08. The maximum Gasteiger partial charge on any atom is 0.301 e. The van der Waals surface area contributed by atoms with Gasteiger partial charge in [-0.05, 0) is 66.8 Å². The van der Waals surface area contributed by atoms with Crippen LogP contribution >= 0.6 is 11.3 Å². The van der Waals surface area contributed by atoms with Crippen LogP contribution < -0.4 is 19.1 Å². The van der Waals surface area contributed by atoms with Gasteiger partial charge in [0, 0.05) is 5.56 Å². The Hall–Kier alpha value is -4.44. The first kappa shape index (κ1) is 31.0. The molecule has 230 valence electrons. The molecule has 8 nitrogen and oxygen atoms in total. The van der Waals surface area contributed by atoms with Gasteiger partial charge in [-0.25, -0.2) is 9.37 Å². The molecule has 10 heteroatoms. The number of hydrogen-bond acceptors (Lipinski definition) is 8. The molecule has 1 fully saturated rings. The Morgan fingerprint density at radius 1 is 1.05 bits per heavy atom. The number of methoxy groups -OCH3 is 1. The number of halogens is 1. The van der Waals surface area contributed by atoms with Crippen LogP contribution in [0.2, 0.25) is 0 Å². The molecule has 2 heterocycles. The Morgan fingerprint density at radius 2 is 1.86 bits per heavy atom. The fourth-order valence-electron chi connectivity index (χ4n) is 4.94. The maximum absolute atomic E-state index is 14.0. The number of fused-ring (bicyclic) bond motifs is 1. The van der Waals surface area contributed by atoms with Crippen LogP contribution in [0.5, 0.6) is 17.2 Å². The summed E-state index contributed by atoms with van der Waals surface area (Å²) in [7, 11) is 1.51. The number of rotatable bonds is 12. The lowest BCUT2D eigenvalue weighted by Gasteiger charge is -2.24. The van der Waals surface area contributed by atoms with Crippen molar-refractivity contribution < 1.29 is 33.3 Å². The second-order valence-electron chi connectivity index (χ2n) is 10.9. The van der Waals surface area contributed by atoms with Crippen molar-refractivity contribution in [2.75, 3.05) is 25.2 Å². The zero-order chi connectivity index (χ0) is 31.4. The van der Waals surface area contributed by atoms with Crippen molar-refractivity contribution >= 4 is 44.1 Å². The third kappa shape index (κ3) is 6.40. The summed E-state index contributed by atoms with van der Waals surface area (Å²) in [5, 5.41) is 11.8. The summed E-state index contributed by atoms with van der Waals surface area (Å²) in [5.74, 6) is -0.598. The molecular formula is C34H35FN2O6S. The topological polar surface area (TPSA) is 98.2 Å². The molecule has 0 aliphatic carbocycles. The van der Waals surface area contributed by atoms with Crippen LogP contribution in [0.4, 0.5) is 9.52 Å². The molecular weight excluding hydrogens is 583 g/mol. The molecule has 0 saturated carbocycles. The molecule has 1 aliphatic rings. The van der Waals surface area contributed by atoms with Gasteiger partial charge in [-0.3, -0.25) is 14.5 Å². The Morgan fingerprint density at radius 3 is 2.61 bits per heavy atom. The van der Waals surface area contributed by atoms with Gasteiger partial charge in [-0.1, -0.05) is 56.7 Å². The minimum absolute atomic E-state index is 0.110. The molecule has 0 radical (unpaired) electrons. The number of nitrogens with zero attached hydrogens (tertiary/aromatic N) is 2. The van der Waals surface area contributed by atoms with Gasteiger partial charge in [0.2, 0.25) is 0 Å². The standard InChI is InChI=1S/C34H35FN2O6S/c1-5-6-15-42-24-9-7-8-22(17-24)31(38)29-30(21-10-13-26(27(18-21)41-4)43-16-14-20(2)3)37(33(40)32(29)39)34-36-25-12-11-23(35)19-28(25)44-34/h7-13,17-20,30,38H,5-6,14-16H2,1-4H3. The van der Waals surface area contributed by atoms with E-state index in [0.717, 1.165) is 30.6 Å². The molecule has 1 aromatic heterocycles. The van der Waals surface area contributed by atoms with E-state index in [0.29, 0.717) is 57.7 Å². The third-order valence-electron chi connectivity index (χ3n) is 7.32. The number of ketones is 1. The summed E-state index contributed by atoms with van der Waals surface area (Å²) in [6, 6.07) is 15.0. The lowest BCUT2D eigenvalue weighted by Crippen LogP contribution is -2.29. The number of aliphatic hydroxyl groups is 1. The van der Waals surface area contributed by atoms with Gasteiger partial charge in [0.25, 0.3) is 5.78 Å². The van der Waals surface area contributed by atoms with E-state index in [4.69, 9.17) is 14.2 Å². The number of carbonyl (C=O) groups excluding carboxylic acids is 2. The average molecular weight is 619 g/mol. The van der Waals surface area contributed by atoms with Gasteiger partial charge >= 0.3 is 5.91 Å². The van der Waals surface area contributed by atoms with Gasteiger partial charge in [0.1, 0.15) is 17.3 Å². The van der Waals surface area contributed by atoms with Crippen LogP contribution in [0.25, 0.3) is 16.0 Å². The van der Waals surface area contributed by atoms with Crippen LogP contribution in [0.1, 0.15) is 57.2 Å². The first-order valence-electron chi connectivity index (χ1n) is 14.6. The number of ether oxygens (including phenoxy) is 3. The van der Waals surface area contributed by atoms with Crippen LogP contribution in [-0.4, -0.2) is 42.1 Å². The minimum atomic E-state index is -1.05. The van der Waals surface area contributed by atoms with Crippen molar-refractivity contribution in [3.05, 3.63) is 83.2 Å². The highest BCUT2D eigenvalue weighted by molar-refractivity contribution is 7.22. The second-order valence-corrected chi connectivity index (χ2v) is 12.0. The Balaban J connectivity index is 1.63. The summed E-state index contributed by atoms with van der Waals surface area (Å²) < 4.78 is 32.0. The Bertz CT molecular complexity index is 1720. The fourth-order valence-corrected chi connectivity index (χ4v) is 5.95. The first-order chi connectivity index (χ1) is 21.2. The van der Waals surface area contributed by atoms with Crippen LogP contribution in [-0.2, 0) is 9.59 Å². The predicted octanol–water partition coefficient (Wildman–Crippen LogP) is 7.67. The smallest absolute Gasteiger partial charge is 0.301 e. The molecule has 4 aromatic rings. The molecule has 1 atom stereocenters. The van der Waals surface area contributed by atoms with Crippen molar-refractivity contribution in [1.82, 2.24) is 4.98 Å². The van der Waals surface area contributed by atoms with Crippen molar-refractivity contribution in [3.63, 3.8) is 0 Å². The van der Waals surface area contributed by atoms with E-state index in [2.05, 4.69) is 25.8 Å². The van der Waals surface area contributed by atoms with Gasteiger partial charge in [-0.15, -0.1) is 0 Å². The lowest BCUT2D eigenvalue weighted by atomic mass is 9.95. The first-order valence-corrected chi connectivity index (χ1v) is 15.4. The SMILES string of the molecule is CCCCOc1cccc(C(O)=C2C(=O)C(=O)N(c3nc4ccc(F)cc4s3)C2c2ccc(OCCC(C)C)c(OC)c2)c1. The number of aromatic nitrogens is 1. The van der Waals surface area contributed by atoms with Crippen molar-refractivity contribution in [2.45, 2.75) is 46.1 Å². The van der Waals surface area contributed by atoms with E-state index in [1.165, 1.54) is 30.2 Å². The molecule has 1 amide bonds. The number of unbranched alkanes of at least 4 members (excludes halogenated alkanes) is 1. The number of amides is 1. The number of Topliss-reactive ketones (excluding diaryl/α,β-unsaturated/α-hetero) is 1.